The van der Waals surface area contributed by atoms with Gasteiger partial charge in [-0.15, -0.1) is 0 Å². The van der Waals surface area contributed by atoms with Crippen molar-refractivity contribution in [1.82, 2.24) is 10.6 Å². The summed E-state index contributed by atoms with van der Waals surface area (Å²) in [5.74, 6) is -0.550. The van der Waals surface area contributed by atoms with Crippen molar-refractivity contribution in [1.29, 1.82) is 0 Å². The van der Waals surface area contributed by atoms with Crippen molar-refractivity contribution in [3.63, 3.8) is 0 Å². The highest BCUT2D eigenvalue weighted by Crippen LogP contribution is 2.06. The molecule has 0 spiro atoms. The van der Waals surface area contributed by atoms with E-state index in [4.69, 9.17) is 4.74 Å². The van der Waals surface area contributed by atoms with Crippen molar-refractivity contribution < 1.29 is 19.4 Å². The standard InChI is InChI=1S/C9H18N2O4/c1-9(2,3)15-8(14)11-5-6(12)7(13)10-4/h6,12H,5H2,1-4H3,(H,10,13)(H,11,14). The Morgan fingerprint density at radius 2 is 1.93 bits per heavy atom. The normalized spacial score (nSPS) is 12.9. The van der Waals surface area contributed by atoms with Gasteiger partial charge in [0.2, 0.25) is 5.91 Å². The van der Waals surface area contributed by atoms with Gasteiger partial charge in [0.15, 0.2) is 0 Å². The molecule has 1 unspecified atom stereocenters. The maximum atomic E-state index is 11.1. The summed E-state index contributed by atoms with van der Waals surface area (Å²) in [4.78, 5) is 22.0. The van der Waals surface area contributed by atoms with Gasteiger partial charge in [0, 0.05) is 7.05 Å². The number of hydrogen-bond donors (Lipinski definition) is 3. The molecule has 0 aliphatic heterocycles. The van der Waals surface area contributed by atoms with E-state index in [0.717, 1.165) is 0 Å². The van der Waals surface area contributed by atoms with Crippen LogP contribution in [0, 0.1) is 0 Å². The zero-order valence-electron chi connectivity index (χ0n) is 9.46. The Bertz CT molecular complexity index is 235. The summed E-state index contributed by atoms with van der Waals surface area (Å²) < 4.78 is 4.91. The highest BCUT2D eigenvalue weighted by molar-refractivity contribution is 5.81. The highest BCUT2D eigenvalue weighted by atomic mass is 16.6. The summed E-state index contributed by atoms with van der Waals surface area (Å²) in [6.07, 6.45) is -1.92. The van der Waals surface area contributed by atoms with Crippen LogP contribution in [0.25, 0.3) is 0 Å². The van der Waals surface area contributed by atoms with Crippen LogP contribution in [0.1, 0.15) is 20.8 Å². The van der Waals surface area contributed by atoms with Crippen LogP contribution in [0.2, 0.25) is 0 Å². The number of likely N-dealkylation sites (N-methyl/N-ethyl adjacent to an activating group) is 1. The van der Waals surface area contributed by atoms with E-state index in [1.165, 1.54) is 7.05 Å². The lowest BCUT2D eigenvalue weighted by molar-refractivity contribution is -0.128. The fraction of sp³-hybridized carbons (Fsp3) is 0.778. The van der Waals surface area contributed by atoms with Crippen LogP contribution < -0.4 is 10.6 Å². The molecule has 0 rings (SSSR count). The van der Waals surface area contributed by atoms with Crippen LogP contribution in [0.15, 0.2) is 0 Å². The molecule has 0 aromatic carbocycles. The van der Waals surface area contributed by atoms with Gasteiger partial charge in [-0.3, -0.25) is 4.79 Å². The van der Waals surface area contributed by atoms with Crippen molar-refractivity contribution >= 4 is 12.0 Å². The predicted molar refractivity (Wildman–Crippen MR) is 54.3 cm³/mol. The number of amides is 2. The van der Waals surface area contributed by atoms with Crippen molar-refractivity contribution in [2.24, 2.45) is 0 Å². The van der Waals surface area contributed by atoms with Crippen LogP contribution in [0.4, 0.5) is 4.79 Å². The van der Waals surface area contributed by atoms with Gasteiger partial charge in [-0.1, -0.05) is 0 Å². The lowest BCUT2D eigenvalue weighted by atomic mass is 10.2. The Hall–Kier alpha value is -1.30. The molecule has 88 valence electrons. The molecule has 6 nitrogen and oxygen atoms in total. The molecule has 1 atom stereocenters. The summed E-state index contributed by atoms with van der Waals surface area (Å²) in [6, 6.07) is 0. The lowest BCUT2D eigenvalue weighted by Crippen LogP contribution is -2.42. The van der Waals surface area contributed by atoms with Crippen molar-refractivity contribution in [2.75, 3.05) is 13.6 Å². The first-order chi connectivity index (χ1) is 6.76. The quantitative estimate of drug-likeness (QED) is 0.602. The van der Waals surface area contributed by atoms with E-state index in [9.17, 15) is 14.7 Å². The van der Waals surface area contributed by atoms with Gasteiger partial charge in [0.05, 0.1) is 6.54 Å². The molecule has 2 amide bonds. The number of hydrogen-bond acceptors (Lipinski definition) is 4. The predicted octanol–water partition coefficient (Wildman–Crippen LogP) is -0.382. The minimum atomic E-state index is -1.26. The summed E-state index contributed by atoms with van der Waals surface area (Å²) in [6.45, 7) is 5.00. The van der Waals surface area contributed by atoms with Gasteiger partial charge >= 0.3 is 6.09 Å². The molecule has 0 heterocycles. The molecule has 0 radical (unpaired) electrons. The van der Waals surface area contributed by atoms with Crippen LogP contribution in [-0.2, 0) is 9.53 Å². The Kier molecular flexibility index (Phi) is 5.07. The lowest BCUT2D eigenvalue weighted by Gasteiger charge is -2.20. The van der Waals surface area contributed by atoms with Gasteiger partial charge in [-0.05, 0) is 20.8 Å². The molecular formula is C9H18N2O4. The first kappa shape index (κ1) is 13.7. The van der Waals surface area contributed by atoms with Crippen LogP contribution in [-0.4, -0.2) is 42.4 Å². The Morgan fingerprint density at radius 1 is 1.40 bits per heavy atom. The number of carbonyl (C=O) groups excluding carboxylic acids is 2. The van der Waals surface area contributed by atoms with Gasteiger partial charge < -0.3 is 20.5 Å². The second kappa shape index (κ2) is 5.55. The van der Waals surface area contributed by atoms with Gasteiger partial charge in [0.25, 0.3) is 0 Å². The number of nitrogens with one attached hydrogen (secondary N) is 2. The first-order valence-corrected chi connectivity index (χ1v) is 4.63. The maximum absolute atomic E-state index is 11.1. The number of aliphatic hydroxyl groups is 1. The van der Waals surface area contributed by atoms with Crippen molar-refractivity contribution in [3.8, 4) is 0 Å². The minimum Gasteiger partial charge on any atom is -0.444 e. The largest absolute Gasteiger partial charge is 0.444 e. The van der Waals surface area contributed by atoms with Crippen LogP contribution in [0.5, 0.6) is 0 Å². The summed E-state index contributed by atoms with van der Waals surface area (Å²) in [5.41, 5.74) is -0.595. The van der Waals surface area contributed by atoms with Gasteiger partial charge in [-0.2, -0.15) is 0 Å². The Balaban J connectivity index is 3.86. The third-order valence-corrected chi connectivity index (χ3v) is 1.39. The monoisotopic (exact) mass is 218 g/mol. The summed E-state index contributed by atoms with van der Waals surface area (Å²) in [7, 11) is 1.40. The van der Waals surface area contributed by atoms with Gasteiger partial charge in [-0.25, -0.2) is 4.79 Å². The fourth-order valence-electron chi connectivity index (χ4n) is 0.753. The molecule has 6 heteroatoms. The fourth-order valence-corrected chi connectivity index (χ4v) is 0.753. The maximum Gasteiger partial charge on any atom is 0.407 e. The Labute approximate surface area is 89.0 Å². The molecule has 3 N–H and O–H groups in total. The highest BCUT2D eigenvalue weighted by Gasteiger charge is 2.18. The minimum absolute atomic E-state index is 0.172. The van der Waals surface area contributed by atoms with E-state index in [0.29, 0.717) is 0 Å². The third-order valence-electron chi connectivity index (χ3n) is 1.39. The third kappa shape index (κ3) is 6.73. The van der Waals surface area contributed by atoms with E-state index in [-0.39, 0.29) is 6.54 Å². The molecular weight excluding hydrogens is 200 g/mol. The van der Waals surface area contributed by atoms with E-state index >= 15 is 0 Å². The topological polar surface area (TPSA) is 87.7 Å². The zero-order valence-corrected chi connectivity index (χ0v) is 9.46. The van der Waals surface area contributed by atoms with E-state index < -0.39 is 23.7 Å². The smallest absolute Gasteiger partial charge is 0.407 e. The Morgan fingerprint density at radius 3 is 2.33 bits per heavy atom. The first-order valence-electron chi connectivity index (χ1n) is 4.63. The number of carbonyl (C=O) groups is 2. The van der Waals surface area contributed by atoms with E-state index in [1.807, 2.05) is 0 Å². The van der Waals surface area contributed by atoms with Crippen LogP contribution in [0.3, 0.4) is 0 Å². The summed E-state index contributed by atoms with van der Waals surface area (Å²) >= 11 is 0. The molecule has 0 aromatic heterocycles. The second-order valence-electron chi connectivity index (χ2n) is 4.01. The van der Waals surface area contributed by atoms with Crippen molar-refractivity contribution in [2.45, 2.75) is 32.5 Å². The number of rotatable bonds is 3. The number of alkyl carbamates (subject to hydrolysis) is 1. The van der Waals surface area contributed by atoms with Crippen molar-refractivity contribution in [3.05, 3.63) is 0 Å². The zero-order chi connectivity index (χ0) is 12.1. The van der Waals surface area contributed by atoms with Gasteiger partial charge in [0.1, 0.15) is 11.7 Å². The molecule has 0 bridgehead atoms. The molecule has 15 heavy (non-hydrogen) atoms. The number of ether oxygens (including phenoxy) is 1. The molecule has 0 aliphatic rings. The number of aliphatic hydroxyl groups excluding tert-OH is 1. The molecule has 0 aromatic rings. The molecule has 0 saturated heterocycles. The second-order valence-corrected chi connectivity index (χ2v) is 4.01. The average Bonchev–Trinajstić information content (AvgIpc) is 2.10. The summed E-state index contributed by atoms with van der Waals surface area (Å²) in [5, 5.41) is 13.7. The average molecular weight is 218 g/mol. The SMILES string of the molecule is CNC(=O)C(O)CNC(=O)OC(C)(C)C. The molecule has 0 fully saturated rings. The van der Waals surface area contributed by atoms with E-state index in [1.54, 1.807) is 20.8 Å². The molecule has 0 aliphatic carbocycles. The van der Waals surface area contributed by atoms with Crippen LogP contribution >= 0.6 is 0 Å². The van der Waals surface area contributed by atoms with E-state index in [2.05, 4.69) is 10.6 Å². The molecule has 0 saturated carbocycles.